The Hall–Kier alpha value is -1.33. The maximum atomic E-state index is 12.0. The molecule has 3 rings (SSSR count). The van der Waals surface area contributed by atoms with Gasteiger partial charge in [0, 0.05) is 19.0 Å². The summed E-state index contributed by atoms with van der Waals surface area (Å²) in [6.07, 6.45) is 6.75. The molecule has 1 saturated carbocycles. The third kappa shape index (κ3) is 3.47. The maximum absolute atomic E-state index is 12.0. The fraction of sp³-hybridized carbons (Fsp3) is 0.688. The summed E-state index contributed by atoms with van der Waals surface area (Å²) in [5, 5.41) is 13.5. The molecule has 0 radical (unpaired) electrons. The number of carbonyl (C=O) groups excluding carboxylic acids is 1. The van der Waals surface area contributed by atoms with Gasteiger partial charge in [0.05, 0.1) is 25.0 Å². The molecule has 2 unspecified atom stereocenters. The van der Waals surface area contributed by atoms with Gasteiger partial charge in [0.15, 0.2) is 0 Å². The smallest absolute Gasteiger partial charge is 0.234 e. The van der Waals surface area contributed by atoms with Crippen molar-refractivity contribution < 1.29 is 14.3 Å². The zero-order valence-electron chi connectivity index (χ0n) is 12.4. The summed E-state index contributed by atoms with van der Waals surface area (Å²) in [4.78, 5) is 14.2. The van der Waals surface area contributed by atoms with Gasteiger partial charge < -0.3 is 14.8 Å². The number of rotatable bonds is 4. The van der Waals surface area contributed by atoms with Crippen LogP contribution in [0.2, 0.25) is 0 Å². The van der Waals surface area contributed by atoms with E-state index in [9.17, 15) is 9.90 Å². The molecule has 1 aromatic heterocycles. The molecule has 2 aliphatic rings. The van der Waals surface area contributed by atoms with Crippen molar-refractivity contribution >= 4 is 5.91 Å². The predicted molar refractivity (Wildman–Crippen MR) is 78.5 cm³/mol. The van der Waals surface area contributed by atoms with Gasteiger partial charge in [-0.05, 0) is 31.4 Å². The summed E-state index contributed by atoms with van der Waals surface area (Å²) in [6, 6.07) is 3.67. The lowest BCUT2D eigenvalue weighted by atomic mass is 9.71. The van der Waals surface area contributed by atoms with Crippen molar-refractivity contribution in [1.29, 1.82) is 0 Å². The predicted octanol–water partition coefficient (Wildman–Crippen LogP) is 1.52. The van der Waals surface area contributed by atoms with Crippen LogP contribution in [-0.2, 0) is 11.3 Å². The molecule has 2 N–H and O–H groups in total. The van der Waals surface area contributed by atoms with Crippen LogP contribution >= 0.6 is 0 Å². The Balaban J connectivity index is 1.46. The van der Waals surface area contributed by atoms with E-state index in [1.165, 1.54) is 6.42 Å². The van der Waals surface area contributed by atoms with Crippen LogP contribution in [0.5, 0.6) is 0 Å². The second-order valence-electron chi connectivity index (χ2n) is 6.39. The fourth-order valence-corrected chi connectivity index (χ4v) is 3.64. The van der Waals surface area contributed by atoms with Crippen molar-refractivity contribution in [2.45, 2.75) is 44.2 Å². The van der Waals surface area contributed by atoms with Gasteiger partial charge in [-0.3, -0.25) is 9.69 Å². The molecule has 0 bridgehead atoms. The molecule has 5 nitrogen and oxygen atoms in total. The van der Waals surface area contributed by atoms with E-state index in [1.54, 1.807) is 6.26 Å². The highest BCUT2D eigenvalue weighted by Crippen LogP contribution is 2.39. The van der Waals surface area contributed by atoms with Crippen LogP contribution in [0.3, 0.4) is 0 Å². The van der Waals surface area contributed by atoms with Gasteiger partial charge >= 0.3 is 0 Å². The van der Waals surface area contributed by atoms with E-state index in [1.807, 2.05) is 12.1 Å². The van der Waals surface area contributed by atoms with Crippen LogP contribution in [0.4, 0.5) is 0 Å². The number of hydrogen-bond donors (Lipinski definition) is 2. The molecule has 2 heterocycles. The van der Waals surface area contributed by atoms with Gasteiger partial charge in [-0.15, -0.1) is 0 Å². The highest BCUT2D eigenvalue weighted by Gasteiger charge is 2.42. The Kier molecular flexibility index (Phi) is 4.31. The quantitative estimate of drug-likeness (QED) is 0.883. The van der Waals surface area contributed by atoms with Crippen LogP contribution < -0.4 is 5.32 Å². The van der Waals surface area contributed by atoms with Crippen molar-refractivity contribution in [2.24, 2.45) is 5.92 Å². The lowest BCUT2D eigenvalue weighted by molar-refractivity contribution is -0.127. The van der Waals surface area contributed by atoms with E-state index in [2.05, 4.69) is 10.2 Å². The summed E-state index contributed by atoms with van der Waals surface area (Å²) in [7, 11) is 0. The lowest BCUT2D eigenvalue weighted by Crippen LogP contribution is -2.54. The Morgan fingerprint density at radius 1 is 1.48 bits per heavy atom. The standard InChI is InChI=1S/C16H24N2O3/c19-15(17-10-14-5-3-9-21-14)12-18-8-7-16(20)6-2-1-4-13(16)11-18/h3,5,9,13,20H,1-2,4,6-8,10-12H2,(H,17,19). The van der Waals surface area contributed by atoms with E-state index >= 15 is 0 Å². The molecule has 21 heavy (non-hydrogen) atoms. The van der Waals surface area contributed by atoms with Crippen LogP contribution in [0.25, 0.3) is 0 Å². The van der Waals surface area contributed by atoms with E-state index < -0.39 is 5.60 Å². The van der Waals surface area contributed by atoms with Gasteiger partial charge in [0.1, 0.15) is 5.76 Å². The number of furan rings is 1. The van der Waals surface area contributed by atoms with E-state index in [-0.39, 0.29) is 5.91 Å². The highest BCUT2D eigenvalue weighted by molar-refractivity contribution is 5.77. The van der Waals surface area contributed by atoms with Crippen molar-refractivity contribution in [3.05, 3.63) is 24.2 Å². The number of amides is 1. The third-order valence-electron chi connectivity index (χ3n) is 4.92. The zero-order valence-corrected chi connectivity index (χ0v) is 12.4. The molecule has 1 aliphatic carbocycles. The minimum absolute atomic E-state index is 0.0210. The topological polar surface area (TPSA) is 65.7 Å². The van der Waals surface area contributed by atoms with Crippen LogP contribution in [0.1, 0.15) is 37.9 Å². The molecule has 1 aromatic rings. The summed E-state index contributed by atoms with van der Waals surface area (Å²) in [5.41, 5.74) is -0.473. The first-order valence-corrected chi connectivity index (χ1v) is 7.89. The van der Waals surface area contributed by atoms with Crippen LogP contribution in [-0.4, -0.2) is 41.1 Å². The lowest BCUT2D eigenvalue weighted by Gasteiger charge is -2.47. The average Bonchev–Trinajstić information content (AvgIpc) is 2.99. The Bertz CT molecular complexity index is 474. The highest BCUT2D eigenvalue weighted by atomic mass is 16.3. The number of fused-ring (bicyclic) bond motifs is 1. The molecule has 1 amide bonds. The van der Waals surface area contributed by atoms with Gasteiger partial charge in [-0.1, -0.05) is 12.8 Å². The first-order chi connectivity index (χ1) is 10.2. The molecule has 1 saturated heterocycles. The van der Waals surface area contributed by atoms with Gasteiger partial charge in [0.25, 0.3) is 0 Å². The van der Waals surface area contributed by atoms with Crippen molar-refractivity contribution in [3.63, 3.8) is 0 Å². The number of carbonyl (C=O) groups is 1. The number of aliphatic hydroxyl groups is 1. The zero-order chi connectivity index (χ0) is 14.7. The second-order valence-corrected chi connectivity index (χ2v) is 6.39. The minimum Gasteiger partial charge on any atom is -0.467 e. The van der Waals surface area contributed by atoms with E-state index in [4.69, 9.17) is 4.42 Å². The number of nitrogens with one attached hydrogen (secondary N) is 1. The van der Waals surface area contributed by atoms with E-state index in [0.29, 0.717) is 19.0 Å². The SMILES string of the molecule is O=C(CN1CCC2(O)CCCCC2C1)NCc1ccco1. The van der Waals surface area contributed by atoms with Crippen LogP contribution in [0.15, 0.2) is 22.8 Å². The van der Waals surface area contributed by atoms with Crippen LogP contribution in [0, 0.1) is 5.92 Å². The summed E-state index contributed by atoms with van der Waals surface area (Å²) < 4.78 is 5.20. The first-order valence-electron chi connectivity index (χ1n) is 7.89. The molecule has 1 aliphatic heterocycles. The Labute approximate surface area is 125 Å². The normalized spacial score (nSPS) is 29.9. The second kappa shape index (κ2) is 6.20. The summed E-state index contributed by atoms with van der Waals surface area (Å²) in [6.45, 7) is 2.49. The van der Waals surface area contributed by atoms with Gasteiger partial charge in [0.2, 0.25) is 5.91 Å². The maximum Gasteiger partial charge on any atom is 0.234 e. The van der Waals surface area contributed by atoms with E-state index in [0.717, 1.165) is 44.5 Å². The summed E-state index contributed by atoms with van der Waals surface area (Å²) >= 11 is 0. The molecule has 2 atom stereocenters. The molecule has 0 aromatic carbocycles. The monoisotopic (exact) mass is 292 g/mol. The van der Waals surface area contributed by atoms with Crippen molar-refractivity contribution in [1.82, 2.24) is 10.2 Å². The molecule has 2 fully saturated rings. The number of nitrogens with zero attached hydrogens (tertiary/aromatic N) is 1. The number of piperidine rings is 1. The third-order valence-corrected chi connectivity index (χ3v) is 4.92. The Morgan fingerprint density at radius 2 is 2.38 bits per heavy atom. The molecular weight excluding hydrogens is 268 g/mol. The van der Waals surface area contributed by atoms with Gasteiger partial charge in [-0.25, -0.2) is 0 Å². The number of hydrogen-bond acceptors (Lipinski definition) is 4. The molecule has 116 valence electrons. The van der Waals surface area contributed by atoms with Crippen molar-refractivity contribution in [2.75, 3.05) is 19.6 Å². The Morgan fingerprint density at radius 3 is 3.19 bits per heavy atom. The average molecular weight is 292 g/mol. The van der Waals surface area contributed by atoms with Gasteiger partial charge in [-0.2, -0.15) is 0 Å². The first kappa shape index (κ1) is 14.6. The number of likely N-dealkylation sites (tertiary alicyclic amines) is 1. The minimum atomic E-state index is -0.473. The molecule has 0 spiro atoms. The molecule has 5 heteroatoms. The summed E-state index contributed by atoms with van der Waals surface area (Å²) in [5.74, 6) is 1.12. The fourth-order valence-electron chi connectivity index (χ4n) is 3.64. The largest absolute Gasteiger partial charge is 0.467 e. The van der Waals surface area contributed by atoms with Crippen molar-refractivity contribution in [3.8, 4) is 0 Å². The molecular formula is C16H24N2O3.